The Balaban J connectivity index is 2.01. The SMILES string of the molecule is Cn1cc(CN2CCNCC2C#N)cn1. The van der Waals surface area contributed by atoms with Gasteiger partial charge in [-0.2, -0.15) is 10.4 Å². The number of nitriles is 1. The Morgan fingerprint density at radius 3 is 3.27 bits per heavy atom. The normalized spacial score (nSPS) is 22.5. The second kappa shape index (κ2) is 4.43. The van der Waals surface area contributed by atoms with Gasteiger partial charge in [0.15, 0.2) is 0 Å². The third-order valence-corrected chi connectivity index (χ3v) is 2.65. The molecule has 0 amide bonds. The fourth-order valence-electron chi connectivity index (χ4n) is 1.85. The maximum atomic E-state index is 8.99. The van der Waals surface area contributed by atoms with Crippen LogP contribution in [0, 0.1) is 11.3 Å². The van der Waals surface area contributed by atoms with Crippen LogP contribution >= 0.6 is 0 Å². The van der Waals surface area contributed by atoms with Crippen molar-refractivity contribution in [1.82, 2.24) is 20.0 Å². The van der Waals surface area contributed by atoms with Crippen molar-refractivity contribution in [1.29, 1.82) is 5.26 Å². The number of aryl methyl sites for hydroxylation is 1. The molecule has 0 aromatic carbocycles. The van der Waals surface area contributed by atoms with Gasteiger partial charge in [-0.15, -0.1) is 0 Å². The van der Waals surface area contributed by atoms with Gasteiger partial charge < -0.3 is 5.32 Å². The molecule has 0 bridgehead atoms. The number of piperazine rings is 1. The molecule has 1 aliphatic rings. The number of aromatic nitrogens is 2. The van der Waals surface area contributed by atoms with Crippen molar-refractivity contribution in [2.45, 2.75) is 12.6 Å². The molecule has 1 fully saturated rings. The summed E-state index contributed by atoms with van der Waals surface area (Å²) in [4.78, 5) is 2.19. The molecule has 1 aromatic rings. The van der Waals surface area contributed by atoms with E-state index in [1.54, 1.807) is 4.68 Å². The lowest BCUT2D eigenvalue weighted by Gasteiger charge is -2.31. The van der Waals surface area contributed by atoms with Gasteiger partial charge in [-0.05, 0) is 0 Å². The van der Waals surface area contributed by atoms with E-state index in [0.717, 1.165) is 26.2 Å². The van der Waals surface area contributed by atoms with E-state index in [0.29, 0.717) is 0 Å². The average molecular weight is 205 g/mol. The molecule has 1 N–H and O–H groups in total. The third-order valence-electron chi connectivity index (χ3n) is 2.65. The van der Waals surface area contributed by atoms with Gasteiger partial charge in [0.2, 0.25) is 0 Å². The van der Waals surface area contributed by atoms with Crippen LogP contribution in [0.2, 0.25) is 0 Å². The van der Waals surface area contributed by atoms with Gasteiger partial charge in [0.25, 0.3) is 0 Å². The molecule has 0 radical (unpaired) electrons. The van der Waals surface area contributed by atoms with Crippen LogP contribution in [-0.4, -0.2) is 40.4 Å². The molecule has 5 nitrogen and oxygen atoms in total. The van der Waals surface area contributed by atoms with Crippen molar-refractivity contribution in [2.24, 2.45) is 7.05 Å². The maximum absolute atomic E-state index is 8.99. The van der Waals surface area contributed by atoms with Crippen LogP contribution in [0.4, 0.5) is 0 Å². The molecule has 1 saturated heterocycles. The van der Waals surface area contributed by atoms with E-state index in [4.69, 9.17) is 5.26 Å². The Kier molecular flexibility index (Phi) is 2.99. The molecule has 80 valence electrons. The second-order valence-corrected chi connectivity index (χ2v) is 3.84. The van der Waals surface area contributed by atoms with Gasteiger partial charge in [0.05, 0.1) is 12.3 Å². The first-order valence-electron chi connectivity index (χ1n) is 5.11. The van der Waals surface area contributed by atoms with Gasteiger partial charge in [0, 0.05) is 45.0 Å². The summed E-state index contributed by atoms with van der Waals surface area (Å²) in [5.74, 6) is 0. The van der Waals surface area contributed by atoms with Gasteiger partial charge in [-0.25, -0.2) is 0 Å². The predicted molar refractivity (Wildman–Crippen MR) is 55.9 cm³/mol. The number of rotatable bonds is 2. The van der Waals surface area contributed by atoms with Gasteiger partial charge in [-0.3, -0.25) is 9.58 Å². The molecule has 2 heterocycles. The first kappa shape index (κ1) is 10.1. The van der Waals surface area contributed by atoms with Crippen LogP contribution in [0.3, 0.4) is 0 Å². The molecule has 1 aliphatic heterocycles. The molecule has 1 aromatic heterocycles. The Morgan fingerprint density at radius 2 is 2.60 bits per heavy atom. The lowest BCUT2D eigenvalue weighted by molar-refractivity contribution is 0.189. The fourth-order valence-corrected chi connectivity index (χ4v) is 1.85. The Hall–Kier alpha value is -1.38. The summed E-state index contributed by atoms with van der Waals surface area (Å²) in [6.07, 6.45) is 3.85. The fraction of sp³-hybridized carbons (Fsp3) is 0.600. The largest absolute Gasteiger partial charge is 0.313 e. The summed E-state index contributed by atoms with van der Waals surface area (Å²) in [6, 6.07) is 2.30. The van der Waals surface area contributed by atoms with E-state index in [2.05, 4.69) is 21.4 Å². The standard InChI is InChI=1S/C10H15N5/c1-14-7-9(5-13-14)8-15-3-2-12-6-10(15)4-11/h5,7,10,12H,2-3,6,8H2,1H3. The molecule has 1 unspecified atom stereocenters. The number of hydrogen-bond donors (Lipinski definition) is 1. The highest BCUT2D eigenvalue weighted by Gasteiger charge is 2.21. The minimum Gasteiger partial charge on any atom is -0.313 e. The van der Waals surface area contributed by atoms with Crippen LogP contribution in [0.1, 0.15) is 5.56 Å². The molecular formula is C10H15N5. The van der Waals surface area contributed by atoms with E-state index in [-0.39, 0.29) is 6.04 Å². The molecule has 0 aliphatic carbocycles. The average Bonchev–Trinajstić information content (AvgIpc) is 2.65. The zero-order chi connectivity index (χ0) is 10.7. The van der Waals surface area contributed by atoms with E-state index in [1.807, 2.05) is 19.4 Å². The van der Waals surface area contributed by atoms with Crippen molar-refractivity contribution in [2.75, 3.05) is 19.6 Å². The number of nitrogens with one attached hydrogen (secondary N) is 1. The Morgan fingerprint density at radius 1 is 1.73 bits per heavy atom. The van der Waals surface area contributed by atoms with Gasteiger partial charge in [-0.1, -0.05) is 0 Å². The predicted octanol–water partition coefficient (Wildman–Crippen LogP) is -0.283. The van der Waals surface area contributed by atoms with Crippen molar-refractivity contribution in [3.05, 3.63) is 18.0 Å². The first-order chi connectivity index (χ1) is 7.29. The quantitative estimate of drug-likeness (QED) is 0.721. The second-order valence-electron chi connectivity index (χ2n) is 3.84. The highest BCUT2D eigenvalue weighted by atomic mass is 15.3. The van der Waals surface area contributed by atoms with E-state index in [1.165, 1.54) is 5.56 Å². The third kappa shape index (κ3) is 2.35. The molecule has 0 saturated carbocycles. The maximum Gasteiger partial charge on any atom is 0.111 e. The lowest BCUT2D eigenvalue weighted by atomic mass is 10.2. The summed E-state index contributed by atoms with van der Waals surface area (Å²) in [5.41, 5.74) is 1.17. The van der Waals surface area contributed by atoms with Crippen molar-refractivity contribution in [3.8, 4) is 6.07 Å². The monoisotopic (exact) mass is 205 g/mol. The lowest BCUT2D eigenvalue weighted by Crippen LogP contribution is -2.49. The van der Waals surface area contributed by atoms with Gasteiger partial charge in [0.1, 0.15) is 6.04 Å². The van der Waals surface area contributed by atoms with Crippen LogP contribution < -0.4 is 5.32 Å². The number of nitrogens with zero attached hydrogens (tertiary/aromatic N) is 4. The minimum absolute atomic E-state index is 0.0149. The molecule has 0 spiro atoms. The first-order valence-corrected chi connectivity index (χ1v) is 5.11. The van der Waals surface area contributed by atoms with E-state index in [9.17, 15) is 0 Å². The Bertz CT molecular complexity index is 364. The summed E-state index contributed by atoms with van der Waals surface area (Å²) < 4.78 is 1.79. The zero-order valence-corrected chi connectivity index (χ0v) is 8.85. The Labute approximate surface area is 89.3 Å². The van der Waals surface area contributed by atoms with Crippen LogP contribution in [0.5, 0.6) is 0 Å². The van der Waals surface area contributed by atoms with E-state index < -0.39 is 0 Å². The molecule has 15 heavy (non-hydrogen) atoms. The molecule has 2 rings (SSSR count). The molecule has 5 heteroatoms. The smallest absolute Gasteiger partial charge is 0.111 e. The van der Waals surface area contributed by atoms with Crippen molar-refractivity contribution in [3.63, 3.8) is 0 Å². The summed E-state index contributed by atoms with van der Waals surface area (Å²) >= 11 is 0. The highest BCUT2D eigenvalue weighted by Crippen LogP contribution is 2.08. The topological polar surface area (TPSA) is 56.9 Å². The molecule has 1 atom stereocenters. The minimum atomic E-state index is -0.0149. The summed E-state index contributed by atoms with van der Waals surface area (Å²) in [6.45, 7) is 3.45. The molecular weight excluding hydrogens is 190 g/mol. The van der Waals surface area contributed by atoms with Crippen molar-refractivity contribution < 1.29 is 0 Å². The zero-order valence-electron chi connectivity index (χ0n) is 8.85. The van der Waals surface area contributed by atoms with Crippen LogP contribution in [0.25, 0.3) is 0 Å². The summed E-state index contributed by atoms with van der Waals surface area (Å²) in [5, 5.41) is 16.3. The van der Waals surface area contributed by atoms with Gasteiger partial charge >= 0.3 is 0 Å². The summed E-state index contributed by atoms with van der Waals surface area (Å²) in [7, 11) is 1.91. The van der Waals surface area contributed by atoms with Crippen LogP contribution in [-0.2, 0) is 13.6 Å². The number of hydrogen-bond acceptors (Lipinski definition) is 4. The highest BCUT2D eigenvalue weighted by molar-refractivity contribution is 5.06. The van der Waals surface area contributed by atoms with E-state index >= 15 is 0 Å². The van der Waals surface area contributed by atoms with Crippen LogP contribution in [0.15, 0.2) is 12.4 Å². The van der Waals surface area contributed by atoms with Crippen molar-refractivity contribution >= 4 is 0 Å².